The Morgan fingerprint density at radius 2 is 2.25 bits per heavy atom. The Morgan fingerprint density at radius 1 is 1.56 bits per heavy atom. The van der Waals surface area contributed by atoms with Gasteiger partial charge in [-0.3, -0.25) is 4.79 Å². The number of amides is 1. The first-order valence-electron chi connectivity index (χ1n) is 5.24. The summed E-state index contributed by atoms with van der Waals surface area (Å²) in [6.07, 6.45) is 0.724. The molecule has 0 aromatic heterocycles. The zero-order valence-corrected chi connectivity index (χ0v) is 10.9. The number of carbonyl (C=O) groups is 1. The fourth-order valence-corrected chi connectivity index (χ4v) is 1.48. The molecule has 1 aromatic carbocycles. The Balaban J connectivity index is 2.65. The molecular formula is C12H15BrFNO. The number of halogens is 2. The average molecular weight is 288 g/mol. The lowest BCUT2D eigenvalue weighted by Gasteiger charge is -2.16. The molecule has 4 heteroatoms. The van der Waals surface area contributed by atoms with E-state index in [0.29, 0.717) is 0 Å². The first kappa shape index (κ1) is 13.2. The van der Waals surface area contributed by atoms with Crippen LogP contribution in [0.3, 0.4) is 0 Å². The highest BCUT2D eigenvalue weighted by atomic mass is 79.9. The Bertz CT molecular complexity index is 370. The minimum Gasteiger partial charge on any atom is -0.349 e. The molecule has 0 saturated carbocycles. The van der Waals surface area contributed by atoms with Crippen molar-refractivity contribution in [1.82, 2.24) is 5.32 Å². The smallest absolute Gasteiger partial charge is 0.234 e. The number of alkyl halides is 1. The lowest BCUT2D eigenvalue weighted by molar-refractivity contribution is -0.121. The van der Waals surface area contributed by atoms with E-state index in [9.17, 15) is 9.18 Å². The van der Waals surface area contributed by atoms with Crippen LogP contribution in [0.25, 0.3) is 0 Å². The molecule has 0 radical (unpaired) electrons. The standard InChI is InChI=1S/C12H15BrFNO/c1-3-11(13)12(16)15-8(2)9-5-4-6-10(14)7-9/h4-8,11H,3H2,1-2H3,(H,15,16)/t8-,11?/m1/s1. The zero-order valence-electron chi connectivity index (χ0n) is 9.34. The van der Waals surface area contributed by atoms with Crippen molar-refractivity contribution in [1.29, 1.82) is 0 Å². The number of benzene rings is 1. The molecule has 0 bridgehead atoms. The third-order valence-electron chi connectivity index (χ3n) is 2.35. The second-order valence-electron chi connectivity index (χ2n) is 3.66. The van der Waals surface area contributed by atoms with Crippen LogP contribution in [0.1, 0.15) is 31.9 Å². The van der Waals surface area contributed by atoms with Crippen LogP contribution in [-0.4, -0.2) is 10.7 Å². The summed E-state index contributed by atoms with van der Waals surface area (Å²) in [7, 11) is 0. The van der Waals surface area contributed by atoms with Crippen molar-refractivity contribution in [2.75, 3.05) is 0 Å². The van der Waals surface area contributed by atoms with Crippen LogP contribution in [0, 0.1) is 5.82 Å². The second kappa shape index (κ2) is 5.99. The molecule has 1 aromatic rings. The van der Waals surface area contributed by atoms with Gasteiger partial charge in [-0.15, -0.1) is 0 Å². The van der Waals surface area contributed by atoms with Gasteiger partial charge in [-0.2, -0.15) is 0 Å². The summed E-state index contributed by atoms with van der Waals surface area (Å²) in [5.74, 6) is -0.358. The molecule has 1 rings (SSSR count). The molecular weight excluding hydrogens is 273 g/mol. The van der Waals surface area contributed by atoms with Gasteiger partial charge in [0.05, 0.1) is 10.9 Å². The van der Waals surface area contributed by atoms with Gasteiger partial charge in [-0.05, 0) is 31.0 Å². The Hall–Kier alpha value is -0.900. The van der Waals surface area contributed by atoms with E-state index < -0.39 is 0 Å². The van der Waals surface area contributed by atoms with Crippen molar-refractivity contribution < 1.29 is 9.18 Å². The number of hydrogen-bond donors (Lipinski definition) is 1. The number of hydrogen-bond acceptors (Lipinski definition) is 1. The van der Waals surface area contributed by atoms with Crippen LogP contribution in [0.5, 0.6) is 0 Å². The van der Waals surface area contributed by atoms with Crippen molar-refractivity contribution in [3.05, 3.63) is 35.6 Å². The summed E-state index contributed by atoms with van der Waals surface area (Å²) in [6, 6.07) is 6.06. The van der Waals surface area contributed by atoms with Gasteiger partial charge < -0.3 is 5.32 Å². The first-order chi connectivity index (χ1) is 7.54. The van der Waals surface area contributed by atoms with Crippen LogP contribution in [-0.2, 0) is 4.79 Å². The monoisotopic (exact) mass is 287 g/mol. The van der Waals surface area contributed by atoms with Gasteiger partial charge in [0, 0.05) is 0 Å². The van der Waals surface area contributed by atoms with Crippen molar-refractivity contribution >= 4 is 21.8 Å². The highest BCUT2D eigenvalue weighted by Crippen LogP contribution is 2.15. The molecule has 0 aliphatic heterocycles. The van der Waals surface area contributed by atoms with Crippen LogP contribution >= 0.6 is 15.9 Å². The van der Waals surface area contributed by atoms with Gasteiger partial charge in [0.2, 0.25) is 5.91 Å². The van der Waals surface area contributed by atoms with Gasteiger partial charge in [0.25, 0.3) is 0 Å². The predicted octanol–water partition coefficient (Wildman–Crippen LogP) is 3.18. The lowest BCUT2D eigenvalue weighted by atomic mass is 10.1. The van der Waals surface area contributed by atoms with Gasteiger partial charge >= 0.3 is 0 Å². The van der Waals surface area contributed by atoms with Crippen molar-refractivity contribution in [2.24, 2.45) is 0 Å². The Morgan fingerprint density at radius 3 is 2.81 bits per heavy atom. The van der Waals surface area contributed by atoms with Gasteiger partial charge in [-0.1, -0.05) is 35.0 Å². The highest BCUT2D eigenvalue weighted by Gasteiger charge is 2.15. The summed E-state index contributed by atoms with van der Waals surface area (Å²) in [5, 5.41) is 2.82. The third kappa shape index (κ3) is 3.59. The molecule has 88 valence electrons. The summed E-state index contributed by atoms with van der Waals surface area (Å²) < 4.78 is 13.0. The average Bonchev–Trinajstić information content (AvgIpc) is 2.27. The Kier molecular flexibility index (Phi) is 4.93. The summed E-state index contributed by atoms with van der Waals surface area (Å²) in [5.41, 5.74) is 0.768. The topological polar surface area (TPSA) is 29.1 Å². The van der Waals surface area contributed by atoms with Crippen molar-refractivity contribution in [3.63, 3.8) is 0 Å². The van der Waals surface area contributed by atoms with Crippen LogP contribution < -0.4 is 5.32 Å². The molecule has 2 atom stereocenters. The van der Waals surface area contributed by atoms with Crippen LogP contribution in [0.4, 0.5) is 4.39 Å². The SMILES string of the molecule is CCC(Br)C(=O)N[C@H](C)c1cccc(F)c1. The van der Waals surface area contributed by atoms with Crippen molar-refractivity contribution in [2.45, 2.75) is 31.1 Å². The molecule has 0 aliphatic carbocycles. The quantitative estimate of drug-likeness (QED) is 0.847. The van der Waals surface area contributed by atoms with E-state index in [1.165, 1.54) is 12.1 Å². The number of rotatable bonds is 4. The maximum Gasteiger partial charge on any atom is 0.234 e. The van der Waals surface area contributed by atoms with Gasteiger partial charge in [-0.25, -0.2) is 4.39 Å². The summed E-state index contributed by atoms with van der Waals surface area (Å²) >= 11 is 3.27. The summed E-state index contributed by atoms with van der Waals surface area (Å²) in [4.78, 5) is 11.4. The molecule has 1 unspecified atom stereocenters. The van der Waals surface area contributed by atoms with Gasteiger partial charge in [0.15, 0.2) is 0 Å². The number of nitrogens with one attached hydrogen (secondary N) is 1. The molecule has 0 spiro atoms. The molecule has 0 aliphatic rings. The molecule has 16 heavy (non-hydrogen) atoms. The van der Waals surface area contributed by atoms with Crippen LogP contribution in [0.2, 0.25) is 0 Å². The molecule has 2 nitrogen and oxygen atoms in total. The minimum atomic E-state index is -0.288. The predicted molar refractivity (Wildman–Crippen MR) is 66.0 cm³/mol. The molecule has 0 heterocycles. The first-order valence-corrected chi connectivity index (χ1v) is 6.16. The Labute approximate surface area is 103 Å². The van der Waals surface area contributed by atoms with Gasteiger partial charge in [0.1, 0.15) is 5.82 Å². The van der Waals surface area contributed by atoms with E-state index in [1.807, 2.05) is 13.8 Å². The largest absolute Gasteiger partial charge is 0.349 e. The molecule has 0 saturated heterocycles. The fraction of sp³-hybridized carbons (Fsp3) is 0.417. The molecule has 0 fully saturated rings. The maximum absolute atomic E-state index is 13.0. The molecule has 1 amide bonds. The fourth-order valence-electron chi connectivity index (χ4n) is 1.35. The summed E-state index contributed by atoms with van der Waals surface area (Å²) in [6.45, 7) is 3.76. The lowest BCUT2D eigenvalue weighted by Crippen LogP contribution is -2.32. The maximum atomic E-state index is 13.0. The van der Waals surface area contributed by atoms with Crippen molar-refractivity contribution in [3.8, 4) is 0 Å². The molecule has 1 N–H and O–H groups in total. The van der Waals surface area contributed by atoms with E-state index in [4.69, 9.17) is 0 Å². The van der Waals surface area contributed by atoms with E-state index in [2.05, 4.69) is 21.2 Å². The zero-order chi connectivity index (χ0) is 12.1. The van der Waals surface area contributed by atoms with E-state index >= 15 is 0 Å². The van der Waals surface area contributed by atoms with E-state index in [1.54, 1.807) is 12.1 Å². The van der Waals surface area contributed by atoms with E-state index in [-0.39, 0.29) is 22.6 Å². The van der Waals surface area contributed by atoms with E-state index in [0.717, 1.165) is 12.0 Å². The number of carbonyl (C=O) groups excluding carboxylic acids is 1. The third-order valence-corrected chi connectivity index (χ3v) is 3.41. The normalized spacial score (nSPS) is 14.2. The minimum absolute atomic E-state index is 0.0701. The highest BCUT2D eigenvalue weighted by molar-refractivity contribution is 9.10. The van der Waals surface area contributed by atoms with Crippen LogP contribution in [0.15, 0.2) is 24.3 Å². The second-order valence-corrected chi connectivity index (χ2v) is 4.77.